The fourth-order valence-electron chi connectivity index (χ4n) is 4.93. The first-order chi connectivity index (χ1) is 18.4. The van der Waals surface area contributed by atoms with Crippen LogP contribution in [0.15, 0.2) is 40.9 Å². The molecule has 11 heteroatoms. The van der Waals surface area contributed by atoms with E-state index in [1.165, 1.54) is 6.07 Å². The Hall–Kier alpha value is -3.99. The van der Waals surface area contributed by atoms with Gasteiger partial charge in [0.2, 0.25) is 5.95 Å². The first-order valence-corrected chi connectivity index (χ1v) is 12.7. The number of hydrogen-bond acceptors (Lipinski definition) is 9. The molecule has 1 N–H and O–H groups in total. The smallest absolute Gasteiger partial charge is 0.302 e. The highest BCUT2D eigenvalue weighted by Gasteiger charge is 2.26. The first kappa shape index (κ1) is 24.4. The Kier molecular flexibility index (Phi) is 6.22. The molecule has 0 aliphatic carbocycles. The van der Waals surface area contributed by atoms with Gasteiger partial charge in [-0.05, 0) is 51.2 Å². The summed E-state index contributed by atoms with van der Waals surface area (Å²) in [6.07, 6.45) is 1.05. The number of halogens is 2. The van der Waals surface area contributed by atoms with E-state index < -0.39 is 11.6 Å². The predicted octanol–water partition coefficient (Wildman–Crippen LogP) is 4.67. The molecule has 0 spiro atoms. The Balaban J connectivity index is 1.28. The molecule has 6 rings (SSSR count). The molecule has 0 unspecified atom stereocenters. The van der Waals surface area contributed by atoms with Crippen LogP contribution in [-0.4, -0.2) is 72.3 Å². The van der Waals surface area contributed by atoms with E-state index in [1.54, 1.807) is 6.07 Å². The third-order valence-corrected chi connectivity index (χ3v) is 7.01. The van der Waals surface area contributed by atoms with E-state index in [9.17, 15) is 8.78 Å². The number of aromatic nitrogens is 3. The highest BCUT2D eigenvalue weighted by molar-refractivity contribution is 5.80. The molecule has 0 amide bonds. The topological polar surface area (TPSA) is 82.8 Å². The minimum atomic E-state index is -0.669. The van der Waals surface area contributed by atoms with Crippen molar-refractivity contribution in [3.05, 3.63) is 48.2 Å². The standard InChI is InChI=1S/C27H29F2N7O2/c1-16(2)36-10-11-37-25-19(28)12-17(13-22(25)36)24-20(29)15-30-26(32-24)33-27-31-21-14-18(4-5-23(21)38-27)35-8-6-34(3)7-9-35/h4-5,12-16H,6-11H2,1-3H3,(H,30,31,32,33). The fourth-order valence-corrected chi connectivity index (χ4v) is 4.93. The van der Waals surface area contributed by atoms with Crippen LogP contribution in [0.1, 0.15) is 13.8 Å². The second kappa shape index (κ2) is 9.71. The average Bonchev–Trinajstić information content (AvgIpc) is 3.31. The lowest BCUT2D eigenvalue weighted by molar-refractivity contribution is 0.287. The molecule has 0 bridgehead atoms. The molecule has 2 aliphatic rings. The van der Waals surface area contributed by atoms with Crippen molar-refractivity contribution in [2.75, 3.05) is 61.5 Å². The molecule has 4 aromatic rings. The summed E-state index contributed by atoms with van der Waals surface area (Å²) in [6, 6.07) is 9.13. The van der Waals surface area contributed by atoms with Gasteiger partial charge in [0, 0.05) is 43.5 Å². The van der Waals surface area contributed by atoms with E-state index in [0.29, 0.717) is 29.9 Å². The number of nitrogens with zero attached hydrogens (tertiary/aromatic N) is 6. The van der Waals surface area contributed by atoms with Crippen molar-refractivity contribution >= 4 is 34.4 Å². The average molecular weight is 522 g/mol. The largest absolute Gasteiger partial charge is 0.486 e. The molecule has 1 fully saturated rings. The summed E-state index contributed by atoms with van der Waals surface area (Å²) in [5.41, 5.74) is 3.21. The normalized spacial score (nSPS) is 16.2. The van der Waals surface area contributed by atoms with Gasteiger partial charge in [0.15, 0.2) is 23.0 Å². The van der Waals surface area contributed by atoms with Crippen LogP contribution < -0.4 is 19.9 Å². The monoisotopic (exact) mass is 521 g/mol. The SMILES string of the molecule is CC(C)N1CCOc2c(F)cc(-c3nc(Nc4nc5cc(N6CCN(C)CC6)ccc5o4)ncc3F)cc21. The number of benzene rings is 2. The molecule has 2 aromatic carbocycles. The molecule has 0 saturated carbocycles. The first-order valence-electron chi connectivity index (χ1n) is 12.7. The number of anilines is 4. The molecule has 9 nitrogen and oxygen atoms in total. The van der Waals surface area contributed by atoms with Crippen molar-refractivity contribution in [3.63, 3.8) is 0 Å². The van der Waals surface area contributed by atoms with Gasteiger partial charge < -0.3 is 23.9 Å². The summed E-state index contributed by atoms with van der Waals surface area (Å²) < 4.78 is 41.2. The zero-order valence-electron chi connectivity index (χ0n) is 21.5. The predicted molar refractivity (Wildman–Crippen MR) is 142 cm³/mol. The van der Waals surface area contributed by atoms with Gasteiger partial charge in [-0.2, -0.15) is 4.98 Å². The molecule has 4 heterocycles. The third kappa shape index (κ3) is 4.58. The highest BCUT2D eigenvalue weighted by Crippen LogP contribution is 2.39. The molecular formula is C27H29F2N7O2. The minimum absolute atomic E-state index is 0.0352. The zero-order valence-corrected chi connectivity index (χ0v) is 21.5. The lowest BCUT2D eigenvalue weighted by Crippen LogP contribution is -2.44. The maximum Gasteiger partial charge on any atom is 0.302 e. The number of ether oxygens (including phenoxy) is 1. The van der Waals surface area contributed by atoms with Gasteiger partial charge in [0.25, 0.3) is 0 Å². The van der Waals surface area contributed by atoms with Gasteiger partial charge in [-0.1, -0.05) is 0 Å². The number of oxazole rings is 1. The summed E-state index contributed by atoms with van der Waals surface area (Å²) in [5, 5.41) is 2.92. The molecule has 2 aliphatic heterocycles. The summed E-state index contributed by atoms with van der Waals surface area (Å²) in [5.74, 6) is -0.978. The summed E-state index contributed by atoms with van der Waals surface area (Å²) in [6.45, 7) is 8.93. The van der Waals surface area contributed by atoms with Gasteiger partial charge >= 0.3 is 6.01 Å². The van der Waals surface area contributed by atoms with Gasteiger partial charge in [0.1, 0.15) is 17.8 Å². The fraction of sp³-hybridized carbons (Fsp3) is 0.370. The summed E-state index contributed by atoms with van der Waals surface area (Å²) >= 11 is 0. The van der Waals surface area contributed by atoms with Crippen LogP contribution in [0.25, 0.3) is 22.4 Å². The molecule has 0 atom stereocenters. The van der Waals surface area contributed by atoms with E-state index in [2.05, 4.69) is 37.1 Å². The maximum absolute atomic E-state index is 15.0. The second-order valence-electron chi connectivity index (χ2n) is 9.92. The Morgan fingerprint density at radius 2 is 1.79 bits per heavy atom. The van der Waals surface area contributed by atoms with E-state index in [1.807, 2.05) is 36.9 Å². The third-order valence-electron chi connectivity index (χ3n) is 7.01. The zero-order chi connectivity index (χ0) is 26.4. The number of likely N-dealkylation sites (N-methyl/N-ethyl adjacent to an activating group) is 1. The van der Waals surface area contributed by atoms with E-state index in [0.717, 1.165) is 38.1 Å². The maximum atomic E-state index is 15.0. The molecule has 1 saturated heterocycles. The number of nitrogens with one attached hydrogen (secondary N) is 1. The van der Waals surface area contributed by atoms with Crippen molar-refractivity contribution in [3.8, 4) is 17.0 Å². The van der Waals surface area contributed by atoms with Crippen LogP contribution in [0.2, 0.25) is 0 Å². The van der Waals surface area contributed by atoms with Crippen molar-refractivity contribution in [2.45, 2.75) is 19.9 Å². The van der Waals surface area contributed by atoms with Crippen LogP contribution in [0.3, 0.4) is 0 Å². The van der Waals surface area contributed by atoms with Crippen molar-refractivity contribution in [1.82, 2.24) is 19.9 Å². The number of piperazine rings is 1. The van der Waals surface area contributed by atoms with Gasteiger partial charge in [-0.15, -0.1) is 0 Å². The molecule has 38 heavy (non-hydrogen) atoms. The Morgan fingerprint density at radius 1 is 0.974 bits per heavy atom. The molecule has 0 radical (unpaired) electrons. The van der Waals surface area contributed by atoms with Crippen LogP contribution in [0.4, 0.5) is 32.1 Å². The minimum Gasteiger partial charge on any atom is -0.486 e. The number of hydrogen-bond donors (Lipinski definition) is 1. The number of rotatable bonds is 5. The van der Waals surface area contributed by atoms with Crippen molar-refractivity contribution < 1.29 is 17.9 Å². The van der Waals surface area contributed by atoms with Gasteiger partial charge in [-0.25, -0.2) is 18.7 Å². The van der Waals surface area contributed by atoms with Gasteiger partial charge in [-0.3, -0.25) is 5.32 Å². The summed E-state index contributed by atoms with van der Waals surface area (Å²) in [4.78, 5) is 19.6. The van der Waals surface area contributed by atoms with Crippen molar-refractivity contribution in [1.29, 1.82) is 0 Å². The Morgan fingerprint density at radius 3 is 2.58 bits per heavy atom. The van der Waals surface area contributed by atoms with Crippen LogP contribution >= 0.6 is 0 Å². The van der Waals surface area contributed by atoms with Gasteiger partial charge in [0.05, 0.1) is 18.4 Å². The quantitative estimate of drug-likeness (QED) is 0.403. The highest BCUT2D eigenvalue weighted by atomic mass is 19.1. The summed E-state index contributed by atoms with van der Waals surface area (Å²) in [7, 11) is 2.12. The van der Waals surface area contributed by atoms with Crippen LogP contribution in [0, 0.1) is 11.6 Å². The van der Waals surface area contributed by atoms with Crippen molar-refractivity contribution in [2.24, 2.45) is 0 Å². The number of fused-ring (bicyclic) bond motifs is 2. The van der Waals surface area contributed by atoms with E-state index in [-0.39, 0.29) is 35.0 Å². The van der Waals surface area contributed by atoms with E-state index in [4.69, 9.17) is 9.15 Å². The lowest BCUT2D eigenvalue weighted by Gasteiger charge is -2.34. The molecule has 198 valence electrons. The Labute approximate surface area is 219 Å². The Bertz CT molecular complexity index is 1480. The molecular weight excluding hydrogens is 492 g/mol. The molecule has 2 aromatic heterocycles. The van der Waals surface area contributed by atoms with Crippen LogP contribution in [0.5, 0.6) is 5.75 Å². The van der Waals surface area contributed by atoms with Crippen LogP contribution in [-0.2, 0) is 0 Å². The second-order valence-corrected chi connectivity index (χ2v) is 9.92. The lowest BCUT2D eigenvalue weighted by atomic mass is 10.1. The van der Waals surface area contributed by atoms with E-state index >= 15 is 0 Å².